The molecule has 39 heavy (non-hydrogen) atoms. The van der Waals surface area contributed by atoms with Gasteiger partial charge in [0.05, 0.1) is 6.42 Å². The Kier molecular flexibility index (Phi) is 8.70. The predicted molar refractivity (Wildman–Crippen MR) is 150 cm³/mol. The van der Waals surface area contributed by atoms with Crippen molar-refractivity contribution < 1.29 is 23.5 Å². The number of likely N-dealkylation sites (tertiary alicyclic amines) is 1. The zero-order valence-corrected chi connectivity index (χ0v) is 23.5. The molecule has 2 aromatic carbocycles. The maximum atomic E-state index is 14.4. The monoisotopic (exact) mass is 551 g/mol. The minimum absolute atomic E-state index is 0.0691. The minimum atomic E-state index is -1.05. The van der Waals surface area contributed by atoms with Crippen LogP contribution < -0.4 is 10.2 Å². The molecule has 0 radical (unpaired) electrons. The van der Waals surface area contributed by atoms with E-state index in [4.69, 9.17) is 4.74 Å². The highest BCUT2D eigenvalue weighted by atomic mass is 32.1. The van der Waals surface area contributed by atoms with Crippen molar-refractivity contribution in [3.8, 4) is 0 Å². The van der Waals surface area contributed by atoms with Crippen molar-refractivity contribution in [2.45, 2.75) is 58.2 Å². The predicted octanol–water partition coefficient (Wildman–Crippen LogP) is 5.64. The maximum Gasteiger partial charge on any atom is 0.410 e. The quantitative estimate of drug-likeness (QED) is 0.412. The molecule has 9 heteroatoms. The third-order valence-corrected chi connectivity index (χ3v) is 7.31. The molecule has 4 rings (SSSR count). The van der Waals surface area contributed by atoms with Gasteiger partial charge in [-0.05, 0) is 74.9 Å². The number of nitrogens with one attached hydrogen (secondary N) is 1. The lowest BCUT2D eigenvalue weighted by molar-refractivity contribution is -0.127. The number of amides is 3. The van der Waals surface area contributed by atoms with Crippen LogP contribution in [0.1, 0.15) is 49.2 Å². The van der Waals surface area contributed by atoms with Crippen LogP contribution >= 0.6 is 11.3 Å². The summed E-state index contributed by atoms with van der Waals surface area (Å²) in [4.78, 5) is 44.2. The Bertz CT molecular complexity index is 1320. The van der Waals surface area contributed by atoms with Crippen LogP contribution in [-0.4, -0.2) is 47.5 Å². The van der Waals surface area contributed by atoms with E-state index < -0.39 is 29.5 Å². The summed E-state index contributed by atoms with van der Waals surface area (Å²) in [7, 11) is 0. The first-order valence-corrected chi connectivity index (χ1v) is 13.8. The van der Waals surface area contributed by atoms with Crippen molar-refractivity contribution in [2.24, 2.45) is 0 Å². The Hall–Kier alpha value is -3.72. The Morgan fingerprint density at radius 3 is 2.56 bits per heavy atom. The highest BCUT2D eigenvalue weighted by molar-refractivity contribution is 7.10. The molecule has 1 aliphatic rings. The molecule has 2 unspecified atom stereocenters. The van der Waals surface area contributed by atoms with E-state index in [1.807, 2.05) is 48.7 Å². The van der Waals surface area contributed by atoms with Gasteiger partial charge in [-0.25, -0.2) is 9.18 Å². The summed E-state index contributed by atoms with van der Waals surface area (Å²) in [6.07, 6.45) is 0.191. The molecule has 0 bridgehead atoms. The SMILES string of the molecule is Cc1ccccc1C(C(=O)NC1CCN(C(=O)OC(C)(C)C)C1)N(C(=O)Cc1cccs1)c1cccc(F)c1. The van der Waals surface area contributed by atoms with Gasteiger partial charge in [0.25, 0.3) is 0 Å². The number of aryl methyl sites for hydroxylation is 1. The fraction of sp³-hybridized carbons (Fsp3) is 0.367. The third kappa shape index (κ3) is 7.23. The summed E-state index contributed by atoms with van der Waals surface area (Å²) in [6.45, 7) is 8.04. The largest absolute Gasteiger partial charge is 0.444 e. The van der Waals surface area contributed by atoms with E-state index in [-0.39, 0.29) is 18.4 Å². The molecule has 1 aliphatic heterocycles. The van der Waals surface area contributed by atoms with E-state index in [9.17, 15) is 18.8 Å². The lowest BCUT2D eigenvalue weighted by atomic mass is 9.97. The second kappa shape index (κ2) is 12.0. The number of carbonyl (C=O) groups is 3. The number of hydrogen-bond donors (Lipinski definition) is 1. The van der Waals surface area contributed by atoms with E-state index in [1.165, 1.54) is 34.4 Å². The van der Waals surface area contributed by atoms with E-state index in [2.05, 4.69) is 5.32 Å². The smallest absolute Gasteiger partial charge is 0.410 e. The van der Waals surface area contributed by atoms with Crippen molar-refractivity contribution in [1.29, 1.82) is 0 Å². The average molecular weight is 552 g/mol. The topological polar surface area (TPSA) is 79.0 Å². The van der Waals surface area contributed by atoms with Crippen molar-refractivity contribution in [2.75, 3.05) is 18.0 Å². The molecule has 0 spiro atoms. The standard InChI is InChI=1S/C30H34FN3O4S/c1-20-9-5-6-13-25(20)27(28(36)32-22-14-15-33(19-22)29(37)38-30(2,3)4)34(23-11-7-10-21(31)17-23)26(35)18-24-12-8-16-39-24/h5-13,16-17,22,27H,14-15,18-19H2,1-4H3,(H,32,36). The number of anilines is 1. The fourth-order valence-corrected chi connectivity index (χ4v) is 5.35. The van der Waals surface area contributed by atoms with Crippen molar-refractivity contribution in [3.05, 3.63) is 87.9 Å². The van der Waals surface area contributed by atoms with E-state index >= 15 is 0 Å². The summed E-state index contributed by atoms with van der Waals surface area (Å²) >= 11 is 1.45. The number of hydrogen-bond acceptors (Lipinski definition) is 5. The molecule has 1 saturated heterocycles. The Balaban J connectivity index is 1.66. The first-order chi connectivity index (χ1) is 18.5. The van der Waals surface area contributed by atoms with Gasteiger partial charge < -0.3 is 15.0 Å². The lowest BCUT2D eigenvalue weighted by Crippen LogP contribution is -2.48. The highest BCUT2D eigenvalue weighted by Crippen LogP contribution is 2.32. The van der Waals surface area contributed by atoms with Gasteiger partial charge in [-0.2, -0.15) is 0 Å². The van der Waals surface area contributed by atoms with Gasteiger partial charge in [-0.3, -0.25) is 14.5 Å². The minimum Gasteiger partial charge on any atom is -0.444 e. The zero-order valence-electron chi connectivity index (χ0n) is 22.6. The van der Waals surface area contributed by atoms with E-state index in [1.54, 1.807) is 31.7 Å². The highest BCUT2D eigenvalue weighted by Gasteiger charge is 2.37. The number of carbonyl (C=O) groups excluding carboxylic acids is 3. The van der Waals surface area contributed by atoms with Crippen LogP contribution in [0.5, 0.6) is 0 Å². The van der Waals surface area contributed by atoms with Gasteiger partial charge >= 0.3 is 6.09 Å². The van der Waals surface area contributed by atoms with Gasteiger partial charge in [0.15, 0.2) is 0 Å². The molecule has 1 fully saturated rings. The molecule has 0 aliphatic carbocycles. The molecule has 1 aromatic heterocycles. The zero-order chi connectivity index (χ0) is 28.2. The van der Waals surface area contributed by atoms with E-state index in [0.717, 1.165) is 10.4 Å². The fourth-order valence-electron chi connectivity index (χ4n) is 4.65. The maximum absolute atomic E-state index is 14.4. The number of rotatable bonds is 7. The molecule has 7 nitrogen and oxygen atoms in total. The van der Waals surface area contributed by atoms with Crippen LogP contribution in [0, 0.1) is 12.7 Å². The van der Waals surface area contributed by atoms with Crippen LogP contribution in [0.15, 0.2) is 66.0 Å². The van der Waals surface area contributed by atoms with Crippen molar-refractivity contribution >= 4 is 34.9 Å². The van der Waals surface area contributed by atoms with Gasteiger partial charge in [0, 0.05) is 29.7 Å². The molecule has 1 N–H and O–H groups in total. The van der Waals surface area contributed by atoms with Crippen LogP contribution in [0.3, 0.4) is 0 Å². The lowest BCUT2D eigenvalue weighted by Gasteiger charge is -2.33. The first-order valence-electron chi connectivity index (χ1n) is 13.0. The van der Waals surface area contributed by atoms with Gasteiger partial charge in [-0.1, -0.05) is 36.4 Å². The number of benzene rings is 2. The first kappa shape index (κ1) is 28.3. The second-order valence-electron chi connectivity index (χ2n) is 10.7. The average Bonchev–Trinajstić information content (AvgIpc) is 3.54. The third-order valence-electron chi connectivity index (χ3n) is 6.44. The van der Waals surface area contributed by atoms with Crippen LogP contribution in [0.2, 0.25) is 0 Å². The van der Waals surface area contributed by atoms with Crippen LogP contribution in [0.4, 0.5) is 14.9 Å². The Morgan fingerprint density at radius 2 is 1.90 bits per heavy atom. The van der Waals surface area contributed by atoms with Gasteiger partial charge in [0.1, 0.15) is 17.5 Å². The summed E-state index contributed by atoms with van der Waals surface area (Å²) < 4.78 is 19.9. The number of thiophene rings is 1. The summed E-state index contributed by atoms with van der Waals surface area (Å²) in [5.41, 5.74) is 1.13. The summed E-state index contributed by atoms with van der Waals surface area (Å²) in [5.74, 6) is -1.23. The van der Waals surface area contributed by atoms with Crippen LogP contribution in [0.25, 0.3) is 0 Å². The number of halogens is 1. The molecule has 0 saturated carbocycles. The molecule has 2 atom stereocenters. The summed E-state index contributed by atoms with van der Waals surface area (Å²) in [6, 6.07) is 15.5. The second-order valence-corrected chi connectivity index (χ2v) is 11.7. The molecule has 3 aromatic rings. The molecule has 2 heterocycles. The van der Waals surface area contributed by atoms with Gasteiger partial charge in [0.2, 0.25) is 11.8 Å². The number of nitrogens with zero attached hydrogens (tertiary/aromatic N) is 2. The van der Waals surface area contributed by atoms with Crippen molar-refractivity contribution in [3.63, 3.8) is 0 Å². The normalized spacial score (nSPS) is 16.0. The number of ether oxygens (including phenoxy) is 1. The molecular formula is C30H34FN3O4S. The van der Waals surface area contributed by atoms with Crippen LogP contribution in [-0.2, 0) is 20.7 Å². The van der Waals surface area contributed by atoms with Crippen molar-refractivity contribution in [1.82, 2.24) is 10.2 Å². The Morgan fingerprint density at radius 1 is 1.13 bits per heavy atom. The Labute approximate surface area is 232 Å². The molecule has 206 valence electrons. The molecule has 3 amide bonds. The van der Waals surface area contributed by atoms with Gasteiger partial charge in [-0.15, -0.1) is 11.3 Å². The summed E-state index contributed by atoms with van der Waals surface area (Å²) in [5, 5.41) is 4.94. The van der Waals surface area contributed by atoms with E-state index in [0.29, 0.717) is 30.8 Å². The molecular weight excluding hydrogens is 517 g/mol.